The molecule has 0 spiro atoms. The minimum Gasteiger partial charge on any atom is -0.396 e. The lowest BCUT2D eigenvalue weighted by atomic mass is 10.2. The van der Waals surface area contributed by atoms with Crippen molar-refractivity contribution in [3.63, 3.8) is 0 Å². The Morgan fingerprint density at radius 1 is 1.25 bits per heavy atom. The Morgan fingerprint density at radius 2 is 2.06 bits per heavy atom. The minimum absolute atomic E-state index is 0.379. The highest BCUT2D eigenvalue weighted by atomic mass is 16.5. The molecule has 5 N–H and O–H groups in total. The topological polar surface area (TPSA) is 86.2 Å². The van der Waals surface area contributed by atoms with Gasteiger partial charge in [0.1, 0.15) is 11.6 Å². The molecule has 0 aromatic carbocycles. The number of pyridine rings is 1. The minimum atomic E-state index is 0.379. The number of aromatic nitrogens is 1. The van der Waals surface area contributed by atoms with E-state index in [2.05, 4.69) is 10.3 Å². The lowest BCUT2D eigenvalue weighted by molar-refractivity contribution is 0.192. The number of hydrogen-bond donors (Lipinski definition) is 3. The zero-order chi connectivity index (χ0) is 11.8. The first-order valence-corrected chi connectivity index (χ1v) is 5.49. The second-order valence-electron chi connectivity index (χ2n) is 3.65. The van der Waals surface area contributed by atoms with Crippen LogP contribution >= 0.6 is 0 Å². The fourth-order valence-corrected chi connectivity index (χ4v) is 1.35. The van der Waals surface area contributed by atoms with Gasteiger partial charge in [0.25, 0.3) is 0 Å². The summed E-state index contributed by atoms with van der Waals surface area (Å²) in [6, 6.07) is 3.59. The maximum Gasteiger partial charge on any atom is 0.149 e. The number of nitrogen functional groups attached to an aromatic ring is 2. The van der Waals surface area contributed by atoms with E-state index in [0.717, 1.165) is 38.2 Å². The van der Waals surface area contributed by atoms with Gasteiger partial charge in [-0.1, -0.05) is 0 Å². The van der Waals surface area contributed by atoms with Crippen LogP contribution in [0.5, 0.6) is 0 Å². The summed E-state index contributed by atoms with van der Waals surface area (Å²) >= 11 is 0. The van der Waals surface area contributed by atoms with Gasteiger partial charge in [0.2, 0.25) is 0 Å². The molecule has 0 amide bonds. The largest absolute Gasteiger partial charge is 0.396 e. The van der Waals surface area contributed by atoms with Crippen LogP contribution in [0, 0.1) is 0 Å². The fraction of sp³-hybridized carbons (Fsp3) is 0.545. The van der Waals surface area contributed by atoms with Gasteiger partial charge in [-0.3, -0.25) is 0 Å². The molecular formula is C11H20N4O. The second kappa shape index (κ2) is 6.90. The van der Waals surface area contributed by atoms with Crippen LogP contribution in [0.15, 0.2) is 12.1 Å². The lowest BCUT2D eigenvalue weighted by Crippen LogP contribution is -2.06. The third-order valence-corrected chi connectivity index (χ3v) is 2.29. The van der Waals surface area contributed by atoms with Gasteiger partial charge in [-0.2, -0.15) is 0 Å². The molecule has 0 radical (unpaired) electrons. The molecule has 0 saturated heterocycles. The van der Waals surface area contributed by atoms with Gasteiger partial charge in [0, 0.05) is 20.3 Å². The van der Waals surface area contributed by atoms with E-state index in [-0.39, 0.29) is 0 Å². The van der Waals surface area contributed by atoms with Crippen LogP contribution in [-0.4, -0.2) is 25.2 Å². The Bertz CT molecular complexity index is 317. The molecular weight excluding hydrogens is 204 g/mol. The van der Waals surface area contributed by atoms with Gasteiger partial charge in [-0.15, -0.1) is 0 Å². The zero-order valence-corrected chi connectivity index (χ0v) is 9.70. The van der Waals surface area contributed by atoms with E-state index in [0.29, 0.717) is 11.5 Å². The van der Waals surface area contributed by atoms with Crippen LogP contribution in [0.1, 0.15) is 19.3 Å². The number of ether oxygens (including phenoxy) is 1. The van der Waals surface area contributed by atoms with E-state index in [1.54, 1.807) is 13.2 Å². The van der Waals surface area contributed by atoms with Crippen LogP contribution in [0.4, 0.5) is 17.3 Å². The fourth-order valence-electron chi connectivity index (χ4n) is 1.35. The maximum atomic E-state index is 5.60. The highest BCUT2D eigenvalue weighted by Crippen LogP contribution is 2.14. The standard InChI is InChI=1S/C11H20N4O/c1-16-8-4-2-3-7-14-10-6-5-9(12)11(13)15-10/h5-6H,2-4,7-8,12H2,1H3,(H3,13,14,15). The van der Waals surface area contributed by atoms with E-state index in [9.17, 15) is 0 Å². The molecule has 1 aromatic heterocycles. The summed E-state index contributed by atoms with van der Waals surface area (Å²) < 4.78 is 4.97. The van der Waals surface area contributed by atoms with Crippen molar-refractivity contribution in [3.8, 4) is 0 Å². The third kappa shape index (κ3) is 4.35. The van der Waals surface area contributed by atoms with E-state index in [1.165, 1.54) is 0 Å². The van der Waals surface area contributed by atoms with Gasteiger partial charge in [-0.05, 0) is 31.4 Å². The average Bonchev–Trinajstić information content (AvgIpc) is 2.28. The molecule has 16 heavy (non-hydrogen) atoms. The summed E-state index contributed by atoms with van der Waals surface area (Å²) in [5, 5.41) is 3.20. The van der Waals surface area contributed by atoms with Crippen molar-refractivity contribution in [2.24, 2.45) is 0 Å². The van der Waals surface area contributed by atoms with Gasteiger partial charge in [0.05, 0.1) is 5.69 Å². The SMILES string of the molecule is COCCCCCNc1ccc(N)c(N)n1. The summed E-state index contributed by atoms with van der Waals surface area (Å²) in [6.07, 6.45) is 3.33. The number of unbranched alkanes of at least 4 members (excludes halogenated alkanes) is 2. The first-order valence-electron chi connectivity index (χ1n) is 5.49. The van der Waals surface area contributed by atoms with Crippen molar-refractivity contribution in [2.45, 2.75) is 19.3 Å². The molecule has 5 heteroatoms. The molecule has 0 fully saturated rings. The highest BCUT2D eigenvalue weighted by molar-refractivity contribution is 5.61. The van der Waals surface area contributed by atoms with Crippen LogP contribution < -0.4 is 16.8 Å². The molecule has 0 unspecified atom stereocenters. The summed E-state index contributed by atoms with van der Waals surface area (Å²) in [5.41, 5.74) is 11.7. The molecule has 0 atom stereocenters. The summed E-state index contributed by atoms with van der Waals surface area (Å²) in [6.45, 7) is 1.72. The predicted octanol–water partition coefficient (Wildman–Crippen LogP) is 1.47. The van der Waals surface area contributed by atoms with Crippen molar-refractivity contribution in [3.05, 3.63) is 12.1 Å². The number of hydrogen-bond acceptors (Lipinski definition) is 5. The summed E-state index contributed by atoms with van der Waals surface area (Å²) in [5.74, 6) is 1.16. The molecule has 1 aromatic rings. The van der Waals surface area contributed by atoms with Crippen LogP contribution in [0.2, 0.25) is 0 Å². The van der Waals surface area contributed by atoms with E-state index < -0.39 is 0 Å². The Kier molecular flexibility index (Phi) is 5.42. The summed E-state index contributed by atoms with van der Waals surface area (Å²) in [7, 11) is 1.72. The van der Waals surface area contributed by atoms with E-state index in [1.807, 2.05) is 6.07 Å². The van der Waals surface area contributed by atoms with Gasteiger partial charge in [0.15, 0.2) is 0 Å². The Hall–Kier alpha value is -1.49. The van der Waals surface area contributed by atoms with Crippen molar-refractivity contribution < 1.29 is 4.74 Å². The third-order valence-electron chi connectivity index (χ3n) is 2.29. The van der Waals surface area contributed by atoms with Crippen molar-refractivity contribution in [1.82, 2.24) is 4.98 Å². The molecule has 5 nitrogen and oxygen atoms in total. The molecule has 90 valence electrons. The maximum absolute atomic E-state index is 5.60. The van der Waals surface area contributed by atoms with Crippen LogP contribution in [0.3, 0.4) is 0 Å². The number of nitrogens with one attached hydrogen (secondary N) is 1. The smallest absolute Gasteiger partial charge is 0.149 e. The molecule has 0 bridgehead atoms. The number of methoxy groups -OCH3 is 1. The average molecular weight is 224 g/mol. The molecule has 0 aliphatic rings. The monoisotopic (exact) mass is 224 g/mol. The van der Waals surface area contributed by atoms with Gasteiger partial charge >= 0.3 is 0 Å². The van der Waals surface area contributed by atoms with Crippen LogP contribution in [-0.2, 0) is 4.74 Å². The van der Waals surface area contributed by atoms with Gasteiger partial charge in [-0.25, -0.2) is 4.98 Å². The Balaban J connectivity index is 2.19. The first kappa shape index (κ1) is 12.6. The quantitative estimate of drug-likeness (QED) is 0.611. The second-order valence-corrected chi connectivity index (χ2v) is 3.65. The molecule has 0 aliphatic heterocycles. The summed E-state index contributed by atoms with van der Waals surface area (Å²) in [4.78, 5) is 4.12. The Morgan fingerprint density at radius 3 is 2.75 bits per heavy atom. The lowest BCUT2D eigenvalue weighted by Gasteiger charge is -2.07. The Labute approximate surface area is 96.2 Å². The zero-order valence-electron chi connectivity index (χ0n) is 9.70. The predicted molar refractivity (Wildman–Crippen MR) is 67.3 cm³/mol. The van der Waals surface area contributed by atoms with E-state index in [4.69, 9.17) is 16.2 Å². The van der Waals surface area contributed by atoms with Crippen LogP contribution in [0.25, 0.3) is 0 Å². The molecule has 0 saturated carbocycles. The molecule has 1 rings (SSSR count). The number of nitrogens with zero attached hydrogens (tertiary/aromatic N) is 1. The number of anilines is 3. The number of rotatable bonds is 7. The van der Waals surface area contributed by atoms with Crippen molar-refractivity contribution >= 4 is 17.3 Å². The highest BCUT2D eigenvalue weighted by Gasteiger charge is 1.98. The van der Waals surface area contributed by atoms with Crippen molar-refractivity contribution in [1.29, 1.82) is 0 Å². The van der Waals surface area contributed by atoms with E-state index >= 15 is 0 Å². The number of nitrogens with two attached hydrogens (primary N) is 2. The molecule has 0 aliphatic carbocycles. The van der Waals surface area contributed by atoms with Gasteiger partial charge < -0.3 is 21.5 Å². The normalized spacial score (nSPS) is 10.3. The molecule has 1 heterocycles. The van der Waals surface area contributed by atoms with Crippen molar-refractivity contribution in [2.75, 3.05) is 37.0 Å². The first-order chi connectivity index (χ1) is 7.74.